The summed E-state index contributed by atoms with van der Waals surface area (Å²) in [5, 5.41) is 0. The lowest BCUT2D eigenvalue weighted by molar-refractivity contribution is 0.726. The van der Waals surface area contributed by atoms with Gasteiger partial charge in [-0.3, -0.25) is 0 Å². The molecule has 0 nitrogen and oxygen atoms in total. The quantitative estimate of drug-likeness (QED) is 0.554. The summed E-state index contributed by atoms with van der Waals surface area (Å²) in [7, 11) is 0. The maximum absolute atomic E-state index is 2.38. The van der Waals surface area contributed by atoms with Gasteiger partial charge in [0.1, 0.15) is 0 Å². The van der Waals surface area contributed by atoms with E-state index in [2.05, 4.69) is 54.5 Å². The van der Waals surface area contributed by atoms with Gasteiger partial charge in [0.25, 0.3) is 0 Å². The Morgan fingerprint density at radius 1 is 1.00 bits per heavy atom. The lowest BCUT2D eigenvalue weighted by Gasteiger charge is -2.12. The average molecular weight is 194 g/mol. The van der Waals surface area contributed by atoms with E-state index in [1.165, 1.54) is 17.6 Å². The molecule has 0 radical (unpaired) electrons. The summed E-state index contributed by atoms with van der Waals surface area (Å²) >= 11 is 0. The number of rotatable bonds is 4. The highest BCUT2D eigenvalue weighted by atomic mass is 14.1. The van der Waals surface area contributed by atoms with Crippen LogP contribution in [0.2, 0.25) is 0 Å². The van der Waals surface area contributed by atoms with E-state index >= 15 is 0 Å². The standard InChI is InChI=1S/C14H26/c1-8-14(11(4)5)9-12(6)13(7)10(2)3/h9-11H,8H2,1-7H3/b13-12+,14-9+. The minimum Gasteiger partial charge on any atom is -0.0678 e. The summed E-state index contributed by atoms with van der Waals surface area (Å²) < 4.78 is 0. The molecule has 82 valence electrons. The van der Waals surface area contributed by atoms with E-state index in [4.69, 9.17) is 0 Å². The van der Waals surface area contributed by atoms with Crippen molar-refractivity contribution < 1.29 is 0 Å². The molecule has 0 aliphatic rings. The summed E-state index contributed by atoms with van der Waals surface area (Å²) in [6.07, 6.45) is 3.54. The van der Waals surface area contributed by atoms with Gasteiger partial charge in [0.2, 0.25) is 0 Å². The smallest absolute Gasteiger partial charge is 0.0257 e. The number of hydrogen-bond donors (Lipinski definition) is 0. The number of allylic oxidation sites excluding steroid dienone is 4. The molecule has 0 saturated heterocycles. The molecule has 0 heteroatoms. The summed E-state index contributed by atoms with van der Waals surface area (Å²) in [6, 6.07) is 0. The predicted molar refractivity (Wildman–Crippen MR) is 66.4 cm³/mol. The maximum Gasteiger partial charge on any atom is -0.0257 e. The van der Waals surface area contributed by atoms with E-state index in [0.29, 0.717) is 11.8 Å². The van der Waals surface area contributed by atoms with Crippen LogP contribution in [-0.4, -0.2) is 0 Å². The van der Waals surface area contributed by atoms with Crippen molar-refractivity contribution in [3.63, 3.8) is 0 Å². The summed E-state index contributed by atoms with van der Waals surface area (Å²) in [5.41, 5.74) is 4.52. The van der Waals surface area contributed by atoms with Crippen LogP contribution in [0.4, 0.5) is 0 Å². The zero-order valence-corrected chi connectivity index (χ0v) is 10.9. The van der Waals surface area contributed by atoms with E-state index in [9.17, 15) is 0 Å². The van der Waals surface area contributed by atoms with Gasteiger partial charge in [-0.2, -0.15) is 0 Å². The van der Waals surface area contributed by atoms with Gasteiger partial charge in [0, 0.05) is 0 Å². The van der Waals surface area contributed by atoms with Gasteiger partial charge in [-0.15, -0.1) is 0 Å². The van der Waals surface area contributed by atoms with Crippen molar-refractivity contribution in [2.24, 2.45) is 11.8 Å². The van der Waals surface area contributed by atoms with Gasteiger partial charge < -0.3 is 0 Å². The fourth-order valence-corrected chi connectivity index (χ4v) is 1.52. The highest BCUT2D eigenvalue weighted by Crippen LogP contribution is 2.20. The van der Waals surface area contributed by atoms with Crippen LogP contribution in [0.15, 0.2) is 22.8 Å². The lowest BCUT2D eigenvalue weighted by atomic mass is 9.94. The SMILES string of the molecule is CC/C(=C\C(C)=C(/C)C(C)C)C(C)C. The monoisotopic (exact) mass is 194 g/mol. The van der Waals surface area contributed by atoms with E-state index in [0.717, 1.165) is 0 Å². The molecule has 0 amide bonds. The van der Waals surface area contributed by atoms with Crippen molar-refractivity contribution in [2.45, 2.75) is 54.9 Å². The van der Waals surface area contributed by atoms with Gasteiger partial charge in [-0.05, 0) is 32.1 Å². The fourth-order valence-electron chi connectivity index (χ4n) is 1.52. The average Bonchev–Trinajstić information content (AvgIpc) is 2.11. The molecule has 0 aromatic carbocycles. The number of hydrogen-bond acceptors (Lipinski definition) is 0. The van der Waals surface area contributed by atoms with Gasteiger partial charge in [0.05, 0.1) is 0 Å². The molecule has 0 rings (SSSR count). The summed E-state index contributed by atoms with van der Waals surface area (Å²) in [5.74, 6) is 1.34. The summed E-state index contributed by atoms with van der Waals surface area (Å²) in [4.78, 5) is 0. The largest absolute Gasteiger partial charge is 0.0678 e. The third kappa shape index (κ3) is 4.13. The van der Waals surface area contributed by atoms with Crippen LogP contribution < -0.4 is 0 Å². The summed E-state index contributed by atoms with van der Waals surface area (Å²) in [6.45, 7) is 15.8. The Hall–Kier alpha value is -0.520. The molecular formula is C14H26. The molecule has 0 aromatic rings. The Morgan fingerprint density at radius 2 is 1.50 bits per heavy atom. The first-order valence-electron chi connectivity index (χ1n) is 5.77. The molecule has 0 saturated carbocycles. The minimum atomic E-state index is 0.663. The molecule has 0 atom stereocenters. The van der Waals surface area contributed by atoms with Crippen molar-refractivity contribution in [1.29, 1.82) is 0 Å². The first-order valence-corrected chi connectivity index (χ1v) is 5.77. The molecule has 0 bridgehead atoms. The fraction of sp³-hybridized carbons (Fsp3) is 0.714. The van der Waals surface area contributed by atoms with Crippen molar-refractivity contribution in [3.8, 4) is 0 Å². The second-order valence-corrected chi connectivity index (χ2v) is 4.75. The van der Waals surface area contributed by atoms with Crippen LogP contribution >= 0.6 is 0 Å². The van der Waals surface area contributed by atoms with Crippen LogP contribution in [0, 0.1) is 11.8 Å². The van der Waals surface area contributed by atoms with Crippen LogP contribution in [0.25, 0.3) is 0 Å². The lowest BCUT2D eigenvalue weighted by Crippen LogP contribution is -1.96. The van der Waals surface area contributed by atoms with Crippen molar-refractivity contribution in [2.75, 3.05) is 0 Å². The maximum atomic E-state index is 2.38. The van der Waals surface area contributed by atoms with Crippen LogP contribution in [-0.2, 0) is 0 Å². The van der Waals surface area contributed by atoms with E-state index in [1.807, 2.05) is 0 Å². The molecule has 0 N–H and O–H groups in total. The Morgan fingerprint density at radius 3 is 1.79 bits per heavy atom. The molecule has 0 aliphatic carbocycles. The van der Waals surface area contributed by atoms with Crippen LogP contribution in [0.3, 0.4) is 0 Å². The van der Waals surface area contributed by atoms with Crippen LogP contribution in [0.1, 0.15) is 54.9 Å². The molecule has 0 aromatic heterocycles. The zero-order chi connectivity index (χ0) is 11.3. The Labute approximate surface area is 90.1 Å². The van der Waals surface area contributed by atoms with Crippen molar-refractivity contribution in [3.05, 3.63) is 22.8 Å². The molecule has 0 aliphatic heterocycles. The zero-order valence-electron chi connectivity index (χ0n) is 10.9. The van der Waals surface area contributed by atoms with E-state index in [1.54, 1.807) is 5.57 Å². The van der Waals surface area contributed by atoms with E-state index in [-0.39, 0.29) is 0 Å². The molecule has 0 heterocycles. The Balaban J connectivity index is 4.86. The molecule has 0 unspecified atom stereocenters. The Bertz CT molecular complexity index is 226. The van der Waals surface area contributed by atoms with E-state index < -0.39 is 0 Å². The normalized spacial score (nSPS) is 15.1. The Kier molecular flexibility index (Phi) is 5.83. The first-order chi connectivity index (χ1) is 6.40. The molecule has 14 heavy (non-hydrogen) atoms. The second kappa shape index (κ2) is 6.06. The second-order valence-electron chi connectivity index (χ2n) is 4.75. The molecule has 0 fully saturated rings. The van der Waals surface area contributed by atoms with Gasteiger partial charge in [0.15, 0.2) is 0 Å². The molecule has 0 spiro atoms. The third-order valence-corrected chi connectivity index (χ3v) is 3.04. The highest BCUT2D eigenvalue weighted by Gasteiger charge is 2.03. The minimum absolute atomic E-state index is 0.663. The van der Waals surface area contributed by atoms with Crippen molar-refractivity contribution >= 4 is 0 Å². The van der Waals surface area contributed by atoms with Crippen LogP contribution in [0.5, 0.6) is 0 Å². The predicted octanol–water partition coefficient (Wildman–Crippen LogP) is 4.97. The topological polar surface area (TPSA) is 0 Å². The van der Waals surface area contributed by atoms with Gasteiger partial charge in [-0.25, -0.2) is 0 Å². The van der Waals surface area contributed by atoms with Gasteiger partial charge >= 0.3 is 0 Å². The highest BCUT2D eigenvalue weighted by molar-refractivity contribution is 5.27. The van der Waals surface area contributed by atoms with Crippen molar-refractivity contribution in [1.82, 2.24) is 0 Å². The van der Waals surface area contributed by atoms with Gasteiger partial charge in [-0.1, -0.05) is 57.4 Å². The third-order valence-electron chi connectivity index (χ3n) is 3.04. The molecular weight excluding hydrogens is 168 g/mol. The first kappa shape index (κ1) is 13.5.